The molecule has 120 valence electrons. The molecule has 8 heteroatoms. The molecule has 6 nitrogen and oxygen atoms in total. The summed E-state index contributed by atoms with van der Waals surface area (Å²) in [6, 6.07) is 4.93. The number of amides is 1. The topological polar surface area (TPSA) is 97.4 Å². The molecule has 0 spiro atoms. The van der Waals surface area contributed by atoms with E-state index in [1.165, 1.54) is 18.2 Å². The van der Waals surface area contributed by atoms with Crippen molar-refractivity contribution in [3.05, 3.63) is 36.4 Å². The standard InChI is InChI=1S/C14H17NO5S2/c1-21(17,18)12-7-4-8-13(10-12)22(19,20)15-14(16)9-11-5-2-3-6-11/h2,4-5,7-8,10-11H,3,6,9H2,1H3,(H,15,16). The number of rotatable bonds is 5. The largest absolute Gasteiger partial charge is 0.274 e. The summed E-state index contributed by atoms with van der Waals surface area (Å²) in [5, 5.41) is 0. The zero-order valence-corrected chi connectivity index (χ0v) is 13.7. The van der Waals surface area contributed by atoms with Crippen LogP contribution in [0.4, 0.5) is 0 Å². The van der Waals surface area contributed by atoms with Crippen LogP contribution in [0.15, 0.2) is 46.2 Å². The third kappa shape index (κ3) is 4.17. The van der Waals surface area contributed by atoms with Crippen molar-refractivity contribution in [3.8, 4) is 0 Å². The van der Waals surface area contributed by atoms with Crippen molar-refractivity contribution in [1.29, 1.82) is 0 Å². The van der Waals surface area contributed by atoms with Gasteiger partial charge in [-0.15, -0.1) is 0 Å². The van der Waals surface area contributed by atoms with Crippen LogP contribution in [0.5, 0.6) is 0 Å². The van der Waals surface area contributed by atoms with E-state index in [0.717, 1.165) is 25.2 Å². The predicted octanol–water partition coefficient (Wildman–Crippen LogP) is 1.25. The smallest absolute Gasteiger partial charge is 0.264 e. The fraction of sp³-hybridized carbons (Fsp3) is 0.357. The maximum Gasteiger partial charge on any atom is 0.264 e. The minimum absolute atomic E-state index is 0.0533. The van der Waals surface area contributed by atoms with Crippen molar-refractivity contribution in [2.24, 2.45) is 5.92 Å². The monoisotopic (exact) mass is 343 g/mol. The van der Waals surface area contributed by atoms with Crippen molar-refractivity contribution < 1.29 is 21.6 Å². The molecule has 2 rings (SSSR count). The van der Waals surface area contributed by atoms with E-state index in [4.69, 9.17) is 0 Å². The molecule has 0 heterocycles. The van der Waals surface area contributed by atoms with Gasteiger partial charge in [0.2, 0.25) is 5.91 Å². The van der Waals surface area contributed by atoms with Gasteiger partial charge in [-0.3, -0.25) is 4.79 Å². The van der Waals surface area contributed by atoms with E-state index in [1.807, 2.05) is 16.9 Å². The predicted molar refractivity (Wildman–Crippen MR) is 81.4 cm³/mol. The lowest BCUT2D eigenvalue weighted by Crippen LogP contribution is -2.31. The van der Waals surface area contributed by atoms with Gasteiger partial charge in [-0.25, -0.2) is 21.6 Å². The normalized spacial score (nSPS) is 18.3. The van der Waals surface area contributed by atoms with Gasteiger partial charge in [-0.1, -0.05) is 18.2 Å². The molecule has 1 unspecified atom stereocenters. The van der Waals surface area contributed by atoms with Crippen molar-refractivity contribution >= 4 is 25.8 Å². The van der Waals surface area contributed by atoms with Crippen molar-refractivity contribution in [1.82, 2.24) is 4.72 Å². The Morgan fingerprint density at radius 3 is 2.50 bits per heavy atom. The van der Waals surface area contributed by atoms with Crippen LogP contribution in [0.25, 0.3) is 0 Å². The number of allylic oxidation sites excluding steroid dienone is 2. The van der Waals surface area contributed by atoms with Gasteiger partial charge in [-0.2, -0.15) is 0 Å². The molecule has 1 aliphatic carbocycles. The Kier molecular flexibility index (Phi) is 4.72. The summed E-state index contributed by atoms with van der Waals surface area (Å²) >= 11 is 0. The first-order valence-corrected chi connectivity index (χ1v) is 10.1. The molecule has 0 radical (unpaired) electrons. The van der Waals surface area contributed by atoms with Crippen molar-refractivity contribution in [3.63, 3.8) is 0 Å². The maximum atomic E-state index is 12.2. The van der Waals surface area contributed by atoms with Gasteiger partial charge in [0.25, 0.3) is 10.0 Å². The Labute approximate surface area is 130 Å². The van der Waals surface area contributed by atoms with E-state index in [1.54, 1.807) is 0 Å². The van der Waals surface area contributed by atoms with Crippen molar-refractivity contribution in [2.45, 2.75) is 29.1 Å². The van der Waals surface area contributed by atoms with Gasteiger partial charge < -0.3 is 0 Å². The summed E-state index contributed by atoms with van der Waals surface area (Å²) < 4.78 is 49.2. The third-order valence-electron chi connectivity index (χ3n) is 3.35. The Morgan fingerprint density at radius 1 is 1.23 bits per heavy atom. The van der Waals surface area contributed by atoms with Crippen LogP contribution in [-0.2, 0) is 24.7 Å². The lowest BCUT2D eigenvalue weighted by Gasteiger charge is -2.10. The molecule has 1 aromatic carbocycles. The average molecular weight is 343 g/mol. The van der Waals surface area contributed by atoms with Crippen LogP contribution in [0.2, 0.25) is 0 Å². The maximum absolute atomic E-state index is 12.2. The second-order valence-electron chi connectivity index (χ2n) is 5.25. The van der Waals surface area contributed by atoms with Crippen LogP contribution in [0, 0.1) is 5.92 Å². The Bertz CT molecular complexity index is 809. The van der Waals surface area contributed by atoms with E-state index in [0.29, 0.717) is 0 Å². The SMILES string of the molecule is CS(=O)(=O)c1cccc(S(=O)(=O)NC(=O)CC2C=CCC2)c1. The van der Waals surface area contributed by atoms with Gasteiger partial charge in [0.15, 0.2) is 9.84 Å². The highest BCUT2D eigenvalue weighted by Crippen LogP contribution is 2.21. The molecular weight excluding hydrogens is 326 g/mol. The lowest BCUT2D eigenvalue weighted by atomic mass is 10.1. The van der Waals surface area contributed by atoms with Crippen LogP contribution < -0.4 is 4.72 Å². The molecule has 1 aromatic rings. The highest BCUT2D eigenvalue weighted by molar-refractivity contribution is 7.91. The molecule has 1 atom stereocenters. The lowest BCUT2D eigenvalue weighted by molar-refractivity contribution is -0.119. The zero-order valence-electron chi connectivity index (χ0n) is 12.0. The number of benzene rings is 1. The summed E-state index contributed by atoms with van der Waals surface area (Å²) in [5.74, 6) is -0.543. The molecule has 0 saturated heterocycles. The molecule has 0 bridgehead atoms. The molecule has 0 aliphatic heterocycles. The zero-order chi connectivity index (χ0) is 16.4. The second kappa shape index (κ2) is 6.21. The van der Waals surface area contributed by atoms with E-state index in [-0.39, 0.29) is 22.1 Å². The summed E-state index contributed by atoms with van der Waals surface area (Å²) in [4.78, 5) is 11.5. The van der Waals surface area contributed by atoms with Crippen molar-refractivity contribution in [2.75, 3.05) is 6.26 Å². The molecule has 0 saturated carbocycles. The Hall–Kier alpha value is -1.67. The minimum atomic E-state index is -4.07. The van der Waals surface area contributed by atoms with E-state index < -0.39 is 25.8 Å². The van der Waals surface area contributed by atoms with E-state index in [9.17, 15) is 21.6 Å². The number of sulfonamides is 1. The van der Waals surface area contributed by atoms with E-state index in [2.05, 4.69) is 0 Å². The fourth-order valence-electron chi connectivity index (χ4n) is 2.23. The molecule has 22 heavy (non-hydrogen) atoms. The van der Waals surface area contributed by atoms with Crippen LogP contribution in [0.3, 0.4) is 0 Å². The molecule has 1 N–H and O–H groups in total. The quantitative estimate of drug-likeness (QED) is 0.812. The first-order valence-electron chi connectivity index (χ1n) is 6.71. The van der Waals surface area contributed by atoms with Gasteiger partial charge in [-0.05, 0) is 37.0 Å². The molecular formula is C14H17NO5S2. The van der Waals surface area contributed by atoms with Gasteiger partial charge in [0.05, 0.1) is 9.79 Å². The summed E-state index contributed by atoms with van der Waals surface area (Å²) in [6.07, 6.45) is 6.67. The van der Waals surface area contributed by atoms with Gasteiger partial charge >= 0.3 is 0 Å². The summed E-state index contributed by atoms with van der Waals surface area (Å²) in [5.41, 5.74) is 0. The Balaban J connectivity index is 2.16. The summed E-state index contributed by atoms with van der Waals surface area (Å²) in [7, 11) is -7.59. The van der Waals surface area contributed by atoms with Gasteiger partial charge in [0.1, 0.15) is 0 Å². The molecule has 1 aliphatic rings. The number of hydrogen-bond acceptors (Lipinski definition) is 5. The highest BCUT2D eigenvalue weighted by Gasteiger charge is 2.22. The number of nitrogens with one attached hydrogen (secondary N) is 1. The molecule has 0 aromatic heterocycles. The second-order valence-corrected chi connectivity index (χ2v) is 8.94. The number of sulfone groups is 1. The third-order valence-corrected chi connectivity index (χ3v) is 5.83. The number of carbonyl (C=O) groups excluding carboxylic acids is 1. The fourth-order valence-corrected chi connectivity index (χ4v) is 4.01. The first kappa shape index (κ1) is 16.7. The van der Waals surface area contributed by atoms with Gasteiger partial charge in [0, 0.05) is 12.7 Å². The number of carbonyl (C=O) groups is 1. The highest BCUT2D eigenvalue weighted by atomic mass is 32.2. The van der Waals surface area contributed by atoms with Crippen LogP contribution in [-0.4, -0.2) is 29.0 Å². The summed E-state index contributed by atoms with van der Waals surface area (Å²) in [6.45, 7) is 0. The minimum Gasteiger partial charge on any atom is -0.274 e. The molecule has 1 amide bonds. The first-order chi connectivity index (χ1) is 10.2. The number of hydrogen-bond donors (Lipinski definition) is 1. The Morgan fingerprint density at radius 2 is 1.91 bits per heavy atom. The molecule has 0 fully saturated rings. The van der Waals surface area contributed by atoms with Crippen LogP contribution in [0.1, 0.15) is 19.3 Å². The van der Waals surface area contributed by atoms with Crippen LogP contribution >= 0.6 is 0 Å². The average Bonchev–Trinajstić information content (AvgIpc) is 2.90. The van der Waals surface area contributed by atoms with E-state index >= 15 is 0 Å².